The van der Waals surface area contributed by atoms with Crippen LogP contribution in [0.4, 0.5) is 0 Å². The van der Waals surface area contributed by atoms with Crippen LogP contribution in [0.1, 0.15) is 20.8 Å². The standard InChI is InChI=1S/C10H20N2O/c1-7(2)12(4)10(13)9-6-11-5-8(9)3/h7-9,11H,5-6H2,1-4H3. The molecular formula is C10H20N2O. The molecule has 0 aromatic rings. The van der Waals surface area contributed by atoms with Crippen LogP contribution in [0.5, 0.6) is 0 Å². The molecule has 0 aromatic carbocycles. The van der Waals surface area contributed by atoms with E-state index in [1.54, 1.807) is 0 Å². The van der Waals surface area contributed by atoms with Gasteiger partial charge in [0.15, 0.2) is 0 Å². The van der Waals surface area contributed by atoms with Gasteiger partial charge >= 0.3 is 0 Å². The van der Waals surface area contributed by atoms with Crippen molar-refractivity contribution in [1.82, 2.24) is 10.2 Å². The Morgan fingerprint density at radius 3 is 2.46 bits per heavy atom. The molecule has 1 saturated heterocycles. The second-order valence-corrected chi connectivity index (χ2v) is 4.28. The average molecular weight is 184 g/mol. The third kappa shape index (κ3) is 2.21. The van der Waals surface area contributed by atoms with Crippen molar-refractivity contribution in [1.29, 1.82) is 0 Å². The largest absolute Gasteiger partial charge is 0.343 e. The minimum Gasteiger partial charge on any atom is -0.343 e. The summed E-state index contributed by atoms with van der Waals surface area (Å²) in [5.74, 6) is 0.952. The molecule has 0 bridgehead atoms. The lowest BCUT2D eigenvalue weighted by molar-refractivity contribution is -0.136. The van der Waals surface area contributed by atoms with E-state index in [0.29, 0.717) is 12.0 Å². The highest BCUT2D eigenvalue weighted by molar-refractivity contribution is 5.79. The Balaban J connectivity index is 2.56. The maximum absolute atomic E-state index is 11.9. The summed E-state index contributed by atoms with van der Waals surface area (Å²) >= 11 is 0. The van der Waals surface area contributed by atoms with E-state index in [0.717, 1.165) is 13.1 Å². The number of nitrogens with zero attached hydrogens (tertiary/aromatic N) is 1. The van der Waals surface area contributed by atoms with Gasteiger partial charge in [-0.3, -0.25) is 4.79 Å². The average Bonchev–Trinajstić information content (AvgIpc) is 2.48. The van der Waals surface area contributed by atoms with Crippen LogP contribution in [0.3, 0.4) is 0 Å². The molecule has 2 atom stereocenters. The van der Waals surface area contributed by atoms with Gasteiger partial charge in [-0.1, -0.05) is 6.92 Å². The number of hydrogen-bond donors (Lipinski definition) is 1. The van der Waals surface area contributed by atoms with Crippen LogP contribution in [-0.2, 0) is 4.79 Å². The lowest BCUT2D eigenvalue weighted by Gasteiger charge is -2.26. The van der Waals surface area contributed by atoms with E-state index < -0.39 is 0 Å². The SMILES string of the molecule is CC1CNCC1C(=O)N(C)C(C)C. The molecule has 0 aromatic heterocycles. The van der Waals surface area contributed by atoms with Crippen LogP contribution in [0.25, 0.3) is 0 Å². The fraction of sp³-hybridized carbons (Fsp3) is 0.900. The van der Waals surface area contributed by atoms with Gasteiger partial charge in [-0.05, 0) is 26.3 Å². The molecular weight excluding hydrogens is 164 g/mol. The van der Waals surface area contributed by atoms with Crippen molar-refractivity contribution in [3.8, 4) is 0 Å². The molecule has 0 spiro atoms. The third-order valence-corrected chi connectivity index (χ3v) is 2.96. The van der Waals surface area contributed by atoms with Crippen molar-refractivity contribution < 1.29 is 4.79 Å². The predicted octanol–water partition coefficient (Wildman–Crippen LogP) is 0.709. The van der Waals surface area contributed by atoms with Crippen molar-refractivity contribution >= 4 is 5.91 Å². The van der Waals surface area contributed by atoms with Gasteiger partial charge in [0, 0.05) is 19.6 Å². The van der Waals surface area contributed by atoms with Crippen LogP contribution in [0.2, 0.25) is 0 Å². The molecule has 76 valence electrons. The van der Waals surface area contributed by atoms with Crippen LogP contribution in [-0.4, -0.2) is 37.0 Å². The Morgan fingerprint density at radius 2 is 2.08 bits per heavy atom. The molecule has 0 aliphatic carbocycles. The third-order valence-electron chi connectivity index (χ3n) is 2.96. The molecule has 1 aliphatic rings. The lowest BCUT2D eigenvalue weighted by Crippen LogP contribution is -2.40. The number of nitrogens with one attached hydrogen (secondary N) is 1. The molecule has 1 fully saturated rings. The minimum absolute atomic E-state index is 0.187. The Kier molecular flexibility index (Phi) is 3.31. The van der Waals surface area contributed by atoms with E-state index in [9.17, 15) is 4.79 Å². The molecule has 0 radical (unpaired) electrons. The molecule has 13 heavy (non-hydrogen) atoms. The minimum atomic E-state index is 0.187. The van der Waals surface area contributed by atoms with Crippen LogP contribution in [0.15, 0.2) is 0 Å². The number of amides is 1. The maximum atomic E-state index is 11.9. The number of rotatable bonds is 2. The molecule has 1 rings (SSSR count). The number of hydrogen-bond acceptors (Lipinski definition) is 2. The summed E-state index contributed by atoms with van der Waals surface area (Å²) in [6.45, 7) is 8.05. The van der Waals surface area contributed by atoms with E-state index in [-0.39, 0.29) is 11.8 Å². The molecule has 3 nitrogen and oxygen atoms in total. The quantitative estimate of drug-likeness (QED) is 0.685. The zero-order chi connectivity index (χ0) is 10.0. The van der Waals surface area contributed by atoms with Gasteiger partial charge in [0.05, 0.1) is 5.92 Å². The van der Waals surface area contributed by atoms with Gasteiger partial charge in [0.2, 0.25) is 5.91 Å². The zero-order valence-corrected chi connectivity index (χ0v) is 9.00. The van der Waals surface area contributed by atoms with E-state index in [4.69, 9.17) is 0 Å². The van der Waals surface area contributed by atoms with E-state index in [1.807, 2.05) is 25.8 Å². The summed E-state index contributed by atoms with van der Waals surface area (Å²) < 4.78 is 0. The molecule has 1 amide bonds. The number of carbonyl (C=O) groups excluding carboxylic acids is 1. The summed E-state index contributed by atoms with van der Waals surface area (Å²) in [4.78, 5) is 13.7. The first-order chi connectivity index (χ1) is 6.04. The van der Waals surface area contributed by atoms with Crippen molar-refractivity contribution in [2.75, 3.05) is 20.1 Å². The Morgan fingerprint density at radius 1 is 1.46 bits per heavy atom. The topological polar surface area (TPSA) is 32.3 Å². The predicted molar refractivity (Wildman–Crippen MR) is 53.4 cm³/mol. The van der Waals surface area contributed by atoms with Crippen LogP contribution >= 0.6 is 0 Å². The van der Waals surface area contributed by atoms with Gasteiger partial charge in [0.25, 0.3) is 0 Å². The van der Waals surface area contributed by atoms with Gasteiger partial charge in [-0.25, -0.2) is 0 Å². The summed E-state index contributed by atoms with van der Waals surface area (Å²) in [6.07, 6.45) is 0. The van der Waals surface area contributed by atoms with Gasteiger partial charge in [-0.15, -0.1) is 0 Å². The van der Waals surface area contributed by atoms with E-state index in [2.05, 4.69) is 12.2 Å². The summed E-state index contributed by atoms with van der Waals surface area (Å²) in [7, 11) is 1.89. The summed E-state index contributed by atoms with van der Waals surface area (Å²) in [5, 5.41) is 3.25. The Labute approximate surface area is 80.5 Å². The van der Waals surface area contributed by atoms with Crippen molar-refractivity contribution in [2.45, 2.75) is 26.8 Å². The summed E-state index contributed by atoms with van der Waals surface area (Å²) in [5.41, 5.74) is 0. The molecule has 2 unspecified atom stereocenters. The van der Waals surface area contributed by atoms with Gasteiger partial charge in [0.1, 0.15) is 0 Å². The van der Waals surface area contributed by atoms with Crippen LogP contribution in [0, 0.1) is 11.8 Å². The first-order valence-corrected chi connectivity index (χ1v) is 5.01. The van der Waals surface area contributed by atoms with Gasteiger partial charge < -0.3 is 10.2 Å². The monoisotopic (exact) mass is 184 g/mol. The molecule has 1 heterocycles. The van der Waals surface area contributed by atoms with E-state index >= 15 is 0 Å². The first-order valence-electron chi connectivity index (χ1n) is 5.01. The van der Waals surface area contributed by atoms with Crippen molar-refractivity contribution in [3.63, 3.8) is 0 Å². The fourth-order valence-corrected chi connectivity index (χ4v) is 1.66. The highest BCUT2D eigenvalue weighted by Crippen LogP contribution is 2.18. The highest BCUT2D eigenvalue weighted by atomic mass is 16.2. The van der Waals surface area contributed by atoms with E-state index in [1.165, 1.54) is 0 Å². The lowest BCUT2D eigenvalue weighted by atomic mass is 9.96. The smallest absolute Gasteiger partial charge is 0.227 e. The molecule has 3 heteroatoms. The van der Waals surface area contributed by atoms with Crippen molar-refractivity contribution in [2.24, 2.45) is 11.8 Å². The van der Waals surface area contributed by atoms with Crippen LogP contribution < -0.4 is 5.32 Å². The first kappa shape index (κ1) is 10.5. The Hall–Kier alpha value is -0.570. The number of carbonyl (C=O) groups is 1. The van der Waals surface area contributed by atoms with Gasteiger partial charge in [-0.2, -0.15) is 0 Å². The summed E-state index contributed by atoms with van der Waals surface area (Å²) in [6, 6.07) is 0.306. The second kappa shape index (κ2) is 4.09. The zero-order valence-electron chi connectivity index (χ0n) is 9.00. The maximum Gasteiger partial charge on any atom is 0.227 e. The second-order valence-electron chi connectivity index (χ2n) is 4.28. The molecule has 1 aliphatic heterocycles. The fourth-order valence-electron chi connectivity index (χ4n) is 1.66. The molecule has 0 saturated carbocycles. The highest BCUT2D eigenvalue weighted by Gasteiger charge is 2.31. The normalized spacial score (nSPS) is 28.1. The van der Waals surface area contributed by atoms with Crippen molar-refractivity contribution in [3.05, 3.63) is 0 Å². The Bertz CT molecular complexity index is 191. The molecule has 1 N–H and O–H groups in total.